The molecule has 0 fully saturated rings. The fourth-order valence-corrected chi connectivity index (χ4v) is 1.50. The Hall–Kier alpha value is -1.81. The summed E-state index contributed by atoms with van der Waals surface area (Å²) in [4.78, 5) is 3.81. The van der Waals surface area contributed by atoms with Crippen LogP contribution in [0.5, 0.6) is 0 Å². The molecular weight excluding hydrogens is 212 g/mol. The zero-order valence-corrected chi connectivity index (χ0v) is 8.32. The summed E-state index contributed by atoms with van der Waals surface area (Å²) in [6.45, 7) is -0.381. The van der Waals surface area contributed by atoms with Crippen molar-refractivity contribution >= 4 is 0 Å². The van der Waals surface area contributed by atoms with Crippen molar-refractivity contribution in [3.05, 3.63) is 53.7 Å². The quantitative estimate of drug-likeness (QED) is 0.845. The molecule has 1 heterocycles. The first-order valence-corrected chi connectivity index (χ1v) is 4.72. The van der Waals surface area contributed by atoms with E-state index in [2.05, 4.69) is 4.98 Å². The summed E-state index contributed by atoms with van der Waals surface area (Å²) < 4.78 is 26.4. The van der Waals surface area contributed by atoms with Crippen LogP contribution in [0.25, 0.3) is 11.3 Å². The molecule has 0 bridgehead atoms. The summed E-state index contributed by atoms with van der Waals surface area (Å²) in [5.74, 6) is -1.000. The van der Waals surface area contributed by atoms with Gasteiger partial charge in [-0.05, 0) is 18.2 Å². The molecule has 16 heavy (non-hydrogen) atoms. The van der Waals surface area contributed by atoms with Crippen molar-refractivity contribution in [1.82, 2.24) is 4.98 Å². The lowest BCUT2D eigenvalue weighted by Crippen LogP contribution is -1.96. The van der Waals surface area contributed by atoms with E-state index in [4.69, 9.17) is 5.11 Å². The first-order valence-electron chi connectivity index (χ1n) is 4.72. The van der Waals surface area contributed by atoms with E-state index in [0.717, 1.165) is 12.3 Å². The number of aliphatic hydroxyl groups excluding tert-OH is 1. The topological polar surface area (TPSA) is 33.1 Å². The average Bonchev–Trinajstić information content (AvgIpc) is 2.30. The van der Waals surface area contributed by atoms with Gasteiger partial charge in [0.2, 0.25) is 0 Å². The highest BCUT2D eigenvalue weighted by molar-refractivity contribution is 5.63. The van der Waals surface area contributed by atoms with E-state index in [0.29, 0.717) is 0 Å². The fraction of sp³-hybridized carbons (Fsp3) is 0.0833. The van der Waals surface area contributed by atoms with Gasteiger partial charge in [-0.1, -0.05) is 12.1 Å². The molecule has 0 saturated heterocycles. The lowest BCUT2D eigenvalue weighted by atomic mass is 10.1. The Balaban J connectivity index is 2.60. The molecular formula is C12H9F2NO. The summed E-state index contributed by atoms with van der Waals surface area (Å²) in [5, 5.41) is 9.07. The normalized spacial score (nSPS) is 10.4. The summed E-state index contributed by atoms with van der Waals surface area (Å²) in [5.41, 5.74) is 0.790. The van der Waals surface area contributed by atoms with Crippen molar-refractivity contribution in [2.75, 3.05) is 0 Å². The molecule has 0 aliphatic heterocycles. The van der Waals surface area contributed by atoms with Crippen LogP contribution in [0.2, 0.25) is 0 Å². The largest absolute Gasteiger partial charge is 0.392 e. The van der Waals surface area contributed by atoms with Crippen molar-refractivity contribution in [1.29, 1.82) is 0 Å². The van der Waals surface area contributed by atoms with Crippen LogP contribution in [0.15, 0.2) is 36.5 Å². The molecule has 0 aliphatic rings. The number of hydrogen-bond acceptors (Lipinski definition) is 2. The Kier molecular flexibility index (Phi) is 2.92. The van der Waals surface area contributed by atoms with E-state index < -0.39 is 11.6 Å². The smallest absolute Gasteiger partial charge is 0.141 e. The molecule has 1 N–H and O–H groups in total. The Morgan fingerprint density at radius 2 is 1.94 bits per heavy atom. The molecule has 2 nitrogen and oxygen atoms in total. The van der Waals surface area contributed by atoms with Crippen molar-refractivity contribution in [2.45, 2.75) is 6.61 Å². The number of benzene rings is 1. The van der Waals surface area contributed by atoms with Crippen molar-refractivity contribution in [3.8, 4) is 11.3 Å². The molecule has 2 aromatic rings. The van der Waals surface area contributed by atoms with Gasteiger partial charge in [0.25, 0.3) is 0 Å². The first-order chi connectivity index (χ1) is 7.72. The van der Waals surface area contributed by atoms with Crippen molar-refractivity contribution < 1.29 is 13.9 Å². The molecule has 0 unspecified atom stereocenters. The second kappa shape index (κ2) is 4.37. The van der Waals surface area contributed by atoms with E-state index >= 15 is 0 Å². The molecule has 82 valence electrons. The summed E-state index contributed by atoms with van der Waals surface area (Å²) >= 11 is 0. The predicted molar refractivity (Wildman–Crippen MR) is 55.5 cm³/mol. The second-order valence-corrected chi connectivity index (χ2v) is 3.30. The van der Waals surface area contributed by atoms with Gasteiger partial charge in [-0.2, -0.15) is 0 Å². The lowest BCUT2D eigenvalue weighted by molar-refractivity contribution is 0.281. The van der Waals surface area contributed by atoms with Crippen LogP contribution in [-0.2, 0) is 6.61 Å². The fourth-order valence-electron chi connectivity index (χ4n) is 1.50. The Morgan fingerprint density at radius 1 is 1.19 bits per heavy atom. The Labute approximate surface area is 91.2 Å². The number of pyridine rings is 1. The SMILES string of the molecule is OCc1cc(F)cnc1-c1ccccc1F. The van der Waals surface area contributed by atoms with Crippen molar-refractivity contribution in [3.63, 3.8) is 0 Å². The van der Waals surface area contributed by atoms with Gasteiger partial charge in [0.05, 0.1) is 18.5 Å². The zero-order chi connectivity index (χ0) is 11.5. The summed E-state index contributed by atoms with van der Waals surface area (Å²) in [7, 11) is 0. The van der Waals surface area contributed by atoms with Crippen LogP contribution in [-0.4, -0.2) is 10.1 Å². The number of aromatic nitrogens is 1. The summed E-state index contributed by atoms with van der Waals surface area (Å²) in [6.07, 6.45) is 1.00. The van der Waals surface area contributed by atoms with Crippen LogP contribution in [0, 0.1) is 11.6 Å². The maximum absolute atomic E-state index is 13.5. The Bertz CT molecular complexity index is 514. The van der Waals surface area contributed by atoms with Gasteiger partial charge in [0.1, 0.15) is 11.6 Å². The van der Waals surface area contributed by atoms with E-state index in [1.165, 1.54) is 12.1 Å². The third-order valence-electron chi connectivity index (χ3n) is 2.23. The van der Waals surface area contributed by atoms with Gasteiger partial charge >= 0.3 is 0 Å². The van der Waals surface area contributed by atoms with Crippen LogP contribution < -0.4 is 0 Å². The highest BCUT2D eigenvalue weighted by Gasteiger charge is 2.11. The van der Waals surface area contributed by atoms with Crippen LogP contribution in [0.3, 0.4) is 0 Å². The molecule has 1 aromatic carbocycles. The maximum Gasteiger partial charge on any atom is 0.141 e. The highest BCUT2D eigenvalue weighted by atomic mass is 19.1. The molecule has 2 rings (SSSR count). The minimum Gasteiger partial charge on any atom is -0.392 e. The number of hydrogen-bond donors (Lipinski definition) is 1. The maximum atomic E-state index is 13.5. The van der Waals surface area contributed by atoms with Gasteiger partial charge in [-0.3, -0.25) is 4.98 Å². The molecule has 0 radical (unpaired) electrons. The summed E-state index contributed by atoms with van der Waals surface area (Å²) in [6, 6.07) is 7.19. The molecule has 0 amide bonds. The Morgan fingerprint density at radius 3 is 2.62 bits per heavy atom. The standard InChI is InChI=1S/C12H9F2NO/c13-9-5-8(7-16)12(15-6-9)10-3-1-2-4-11(10)14/h1-6,16H,7H2. The molecule has 0 spiro atoms. The number of aliphatic hydroxyl groups is 1. The minimum atomic E-state index is -0.552. The highest BCUT2D eigenvalue weighted by Crippen LogP contribution is 2.24. The van der Waals surface area contributed by atoms with Crippen LogP contribution >= 0.6 is 0 Å². The molecule has 0 aliphatic carbocycles. The molecule has 0 saturated carbocycles. The monoisotopic (exact) mass is 221 g/mol. The number of rotatable bonds is 2. The molecule has 0 atom stereocenters. The van der Waals surface area contributed by atoms with E-state index in [9.17, 15) is 8.78 Å². The van der Waals surface area contributed by atoms with E-state index in [1.54, 1.807) is 12.1 Å². The van der Waals surface area contributed by atoms with E-state index in [-0.39, 0.29) is 23.4 Å². The predicted octanol–water partition coefficient (Wildman–Crippen LogP) is 2.52. The van der Waals surface area contributed by atoms with Gasteiger partial charge < -0.3 is 5.11 Å². The van der Waals surface area contributed by atoms with Gasteiger partial charge in [-0.15, -0.1) is 0 Å². The number of halogens is 2. The van der Waals surface area contributed by atoms with E-state index in [1.807, 2.05) is 0 Å². The molecule has 1 aromatic heterocycles. The minimum absolute atomic E-state index is 0.256. The molecule has 4 heteroatoms. The first kappa shape index (κ1) is 10.7. The number of nitrogens with zero attached hydrogens (tertiary/aromatic N) is 1. The van der Waals surface area contributed by atoms with Crippen LogP contribution in [0.4, 0.5) is 8.78 Å². The lowest BCUT2D eigenvalue weighted by Gasteiger charge is -2.07. The van der Waals surface area contributed by atoms with Crippen molar-refractivity contribution in [2.24, 2.45) is 0 Å². The van der Waals surface area contributed by atoms with Gasteiger partial charge in [-0.25, -0.2) is 8.78 Å². The second-order valence-electron chi connectivity index (χ2n) is 3.30. The average molecular weight is 221 g/mol. The van der Waals surface area contributed by atoms with Gasteiger partial charge in [0.15, 0.2) is 0 Å². The van der Waals surface area contributed by atoms with Gasteiger partial charge in [0, 0.05) is 11.1 Å². The third kappa shape index (κ3) is 1.92. The van der Waals surface area contributed by atoms with Crippen LogP contribution in [0.1, 0.15) is 5.56 Å². The third-order valence-corrected chi connectivity index (χ3v) is 2.23. The zero-order valence-electron chi connectivity index (χ0n) is 8.32.